The summed E-state index contributed by atoms with van der Waals surface area (Å²) in [4.78, 5) is 1.46. The average molecular weight is 331 g/mol. The Morgan fingerprint density at radius 3 is 2.81 bits per heavy atom. The SMILES string of the molecule is CCNCc1cc(S(=O)(=O)NC2CCCCC2(C)C)cs1. The van der Waals surface area contributed by atoms with Crippen LogP contribution >= 0.6 is 11.3 Å². The topological polar surface area (TPSA) is 58.2 Å². The van der Waals surface area contributed by atoms with Crippen molar-refractivity contribution in [3.63, 3.8) is 0 Å². The summed E-state index contributed by atoms with van der Waals surface area (Å²) in [7, 11) is -3.40. The number of sulfonamides is 1. The zero-order chi connectivity index (χ0) is 15.5. The largest absolute Gasteiger partial charge is 0.312 e. The fraction of sp³-hybridized carbons (Fsp3) is 0.733. The second kappa shape index (κ2) is 6.77. The highest BCUT2D eigenvalue weighted by Crippen LogP contribution is 2.36. The molecule has 4 nitrogen and oxygen atoms in total. The third-order valence-electron chi connectivity index (χ3n) is 4.29. The second-order valence-corrected chi connectivity index (χ2v) is 9.15. The molecule has 0 bridgehead atoms. The standard InChI is InChI=1S/C15H26N2O2S2/c1-4-16-10-12-9-13(11-20-12)21(18,19)17-14-7-5-6-8-15(14,2)3/h9,11,14,16-17H,4-8,10H2,1-3H3. The van der Waals surface area contributed by atoms with E-state index < -0.39 is 10.0 Å². The Hall–Kier alpha value is -0.430. The summed E-state index contributed by atoms with van der Waals surface area (Å²) >= 11 is 1.50. The molecule has 1 aromatic rings. The Balaban J connectivity index is 2.09. The van der Waals surface area contributed by atoms with Gasteiger partial charge in [0.05, 0.1) is 4.90 Å². The first-order chi connectivity index (χ1) is 9.85. The molecule has 1 aromatic heterocycles. The maximum atomic E-state index is 12.6. The molecule has 0 aromatic carbocycles. The van der Waals surface area contributed by atoms with Crippen LogP contribution in [0.4, 0.5) is 0 Å². The fourth-order valence-corrected chi connectivity index (χ4v) is 5.50. The number of hydrogen-bond donors (Lipinski definition) is 2. The van der Waals surface area contributed by atoms with Crippen LogP contribution in [0.3, 0.4) is 0 Å². The van der Waals surface area contributed by atoms with Gasteiger partial charge in [0.15, 0.2) is 0 Å². The highest BCUT2D eigenvalue weighted by Gasteiger charge is 2.35. The summed E-state index contributed by atoms with van der Waals surface area (Å²) in [6.07, 6.45) is 4.30. The minimum atomic E-state index is -3.40. The summed E-state index contributed by atoms with van der Waals surface area (Å²) in [5.74, 6) is 0. The van der Waals surface area contributed by atoms with Gasteiger partial charge in [-0.15, -0.1) is 11.3 Å². The minimum absolute atomic E-state index is 0.0355. The molecule has 0 aliphatic heterocycles. The van der Waals surface area contributed by atoms with E-state index in [0.717, 1.165) is 37.2 Å². The molecule has 2 N–H and O–H groups in total. The molecule has 6 heteroatoms. The predicted octanol–water partition coefficient (Wildman–Crippen LogP) is 3.10. The van der Waals surface area contributed by atoms with E-state index in [1.54, 1.807) is 11.4 Å². The summed E-state index contributed by atoms with van der Waals surface area (Å²) in [5, 5.41) is 4.96. The van der Waals surface area contributed by atoms with Crippen LogP contribution in [0, 0.1) is 5.41 Å². The van der Waals surface area contributed by atoms with Crippen molar-refractivity contribution in [1.29, 1.82) is 0 Å². The van der Waals surface area contributed by atoms with Crippen LogP contribution in [0.1, 0.15) is 51.3 Å². The summed E-state index contributed by atoms with van der Waals surface area (Å²) in [6.45, 7) is 7.96. The van der Waals surface area contributed by atoms with Gasteiger partial charge in [-0.25, -0.2) is 13.1 Å². The Morgan fingerprint density at radius 1 is 1.38 bits per heavy atom. The zero-order valence-electron chi connectivity index (χ0n) is 13.1. The van der Waals surface area contributed by atoms with Crippen LogP contribution in [0.5, 0.6) is 0 Å². The van der Waals surface area contributed by atoms with Crippen LogP contribution in [-0.2, 0) is 16.6 Å². The van der Waals surface area contributed by atoms with Crippen molar-refractivity contribution in [1.82, 2.24) is 10.0 Å². The van der Waals surface area contributed by atoms with Gasteiger partial charge in [-0.05, 0) is 30.9 Å². The van der Waals surface area contributed by atoms with E-state index in [2.05, 4.69) is 23.9 Å². The van der Waals surface area contributed by atoms with E-state index in [1.807, 2.05) is 6.92 Å². The van der Waals surface area contributed by atoms with E-state index in [4.69, 9.17) is 0 Å². The lowest BCUT2D eigenvalue weighted by Gasteiger charge is -2.38. The maximum absolute atomic E-state index is 12.6. The zero-order valence-corrected chi connectivity index (χ0v) is 14.7. The molecule has 0 radical (unpaired) electrons. The third-order valence-corrected chi connectivity index (χ3v) is 6.83. The first-order valence-electron chi connectivity index (χ1n) is 7.65. The van der Waals surface area contributed by atoms with Gasteiger partial charge >= 0.3 is 0 Å². The normalized spacial score (nSPS) is 22.3. The lowest BCUT2D eigenvalue weighted by atomic mass is 9.74. The number of thiophene rings is 1. The van der Waals surface area contributed by atoms with Crippen LogP contribution in [0.25, 0.3) is 0 Å². The van der Waals surface area contributed by atoms with Crippen molar-refractivity contribution in [2.75, 3.05) is 6.54 Å². The maximum Gasteiger partial charge on any atom is 0.241 e. The Morgan fingerprint density at radius 2 is 2.14 bits per heavy atom. The van der Waals surface area contributed by atoms with Gasteiger partial charge in [0.2, 0.25) is 10.0 Å². The van der Waals surface area contributed by atoms with Gasteiger partial charge in [-0.1, -0.05) is 33.6 Å². The van der Waals surface area contributed by atoms with Crippen molar-refractivity contribution in [2.45, 2.75) is 63.9 Å². The third kappa shape index (κ3) is 4.28. The minimum Gasteiger partial charge on any atom is -0.312 e. The smallest absolute Gasteiger partial charge is 0.241 e. The Kier molecular flexibility index (Phi) is 5.46. The van der Waals surface area contributed by atoms with Crippen molar-refractivity contribution in [3.8, 4) is 0 Å². The van der Waals surface area contributed by atoms with E-state index >= 15 is 0 Å². The van der Waals surface area contributed by atoms with Crippen LogP contribution in [0.15, 0.2) is 16.3 Å². The molecular formula is C15H26N2O2S2. The van der Waals surface area contributed by atoms with Crippen molar-refractivity contribution in [2.24, 2.45) is 5.41 Å². The molecule has 2 rings (SSSR count). The van der Waals surface area contributed by atoms with Gasteiger partial charge in [0, 0.05) is 22.8 Å². The highest BCUT2D eigenvalue weighted by molar-refractivity contribution is 7.89. The molecule has 1 heterocycles. The summed E-state index contributed by atoms with van der Waals surface area (Å²) in [6, 6.07) is 1.82. The van der Waals surface area contributed by atoms with Gasteiger partial charge in [0.25, 0.3) is 0 Å². The predicted molar refractivity (Wildman–Crippen MR) is 88.1 cm³/mol. The molecule has 1 atom stereocenters. The van der Waals surface area contributed by atoms with Gasteiger partial charge < -0.3 is 5.32 Å². The first kappa shape index (κ1) is 16.9. The summed E-state index contributed by atoms with van der Waals surface area (Å²) in [5.41, 5.74) is 0.0357. The van der Waals surface area contributed by atoms with Gasteiger partial charge in [0.1, 0.15) is 0 Å². The van der Waals surface area contributed by atoms with Gasteiger partial charge in [-0.2, -0.15) is 0 Å². The molecule has 1 fully saturated rings. The lowest BCUT2D eigenvalue weighted by molar-refractivity contribution is 0.188. The quantitative estimate of drug-likeness (QED) is 0.842. The Bertz CT molecular complexity index is 564. The van der Waals surface area contributed by atoms with E-state index in [1.165, 1.54) is 17.8 Å². The molecule has 120 valence electrons. The van der Waals surface area contributed by atoms with Crippen molar-refractivity contribution < 1.29 is 8.42 Å². The fourth-order valence-electron chi connectivity index (χ4n) is 2.81. The molecule has 21 heavy (non-hydrogen) atoms. The van der Waals surface area contributed by atoms with Gasteiger partial charge in [-0.3, -0.25) is 0 Å². The van der Waals surface area contributed by atoms with E-state index in [-0.39, 0.29) is 11.5 Å². The van der Waals surface area contributed by atoms with Crippen molar-refractivity contribution in [3.05, 3.63) is 16.3 Å². The Labute approximate surface area is 132 Å². The average Bonchev–Trinajstić information content (AvgIpc) is 2.88. The molecule has 1 aliphatic carbocycles. The molecule has 0 saturated heterocycles. The molecule has 0 amide bonds. The van der Waals surface area contributed by atoms with E-state index in [0.29, 0.717) is 4.90 Å². The van der Waals surface area contributed by atoms with Crippen LogP contribution < -0.4 is 10.0 Å². The molecule has 1 unspecified atom stereocenters. The highest BCUT2D eigenvalue weighted by atomic mass is 32.2. The van der Waals surface area contributed by atoms with Crippen LogP contribution in [0.2, 0.25) is 0 Å². The van der Waals surface area contributed by atoms with Crippen LogP contribution in [-0.4, -0.2) is 21.0 Å². The number of hydrogen-bond acceptors (Lipinski definition) is 4. The molecule has 0 spiro atoms. The lowest BCUT2D eigenvalue weighted by Crippen LogP contribution is -2.46. The molecule has 1 saturated carbocycles. The second-order valence-electron chi connectivity index (χ2n) is 6.44. The number of rotatable bonds is 6. The van der Waals surface area contributed by atoms with E-state index in [9.17, 15) is 8.42 Å². The molecular weight excluding hydrogens is 304 g/mol. The first-order valence-corrected chi connectivity index (χ1v) is 10.0. The molecule has 1 aliphatic rings. The van der Waals surface area contributed by atoms with Crippen molar-refractivity contribution >= 4 is 21.4 Å². The monoisotopic (exact) mass is 330 g/mol. The number of nitrogens with one attached hydrogen (secondary N) is 2. The summed E-state index contributed by atoms with van der Waals surface area (Å²) < 4.78 is 28.0.